The number of hydrogen-bond acceptors (Lipinski definition) is 2. The zero-order chi connectivity index (χ0) is 17.9. The molecule has 25 heavy (non-hydrogen) atoms. The van der Waals surface area contributed by atoms with Crippen LogP contribution in [0, 0.1) is 0 Å². The second-order valence-corrected chi connectivity index (χ2v) is 12.8. The molecule has 0 saturated carbocycles. The average molecular weight is 435 g/mol. The summed E-state index contributed by atoms with van der Waals surface area (Å²) in [6.45, 7) is 7.47. The maximum Gasteiger partial charge on any atom is 0.0944 e. The molecular weight excluding hydrogens is 412 g/mol. The van der Waals surface area contributed by atoms with E-state index in [1.165, 1.54) is 14.7 Å². The zero-order valence-corrected chi connectivity index (χ0v) is 18.0. The quantitative estimate of drug-likeness (QED) is 0.400. The highest BCUT2D eigenvalue weighted by molar-refractivity contribution is 9.11. The molecule has 0 atom stereocenters. The first-order valence-electron chi connectivity index (χ1n) is 8.25. The standard InChI is InChI=1S/C21H23BrOS2/c1-21(2,3)25(18-10-6-4-7-11-18,19-12-8-5-9-13-19)23-16-17-14-15-20(22)24-17/h4-15H,16H2,1-3H3. The van der Waals surface area contributed by atoms with Crippen molar-refractivity contribution in [3.05, 3.63) is 81.5 Å². The van der Waals surface area contributed by atoms with Gasteiger partial charge in [-0.1, -0.05) is 46.7 Å². The van der Waals surface area contributed by atoms with E-state index in [0.717, 1.165) is 3.79 Å². The van der Waals surface area contributed by atoms with Crippen molar-refractivity contribution in [3.63, 3.8) is 0 Å². The van der Waals surface area contributed by atoms with E-state index < -0.39 is 10.3 Å². The molecule has 3 rings (SSSR count). The second kappa shape index (κ2) is 7.67. The maximum atomic E-state index is 6.84. The van der Waals surface area contributed by atoms with Crippen LogP contribution in [0.3, 0.4) is 0 Å². The lowest BCUT2D eigenvalue weighted by Gasteiger charge is -2.50. The Morgan fingerprint density at radius 1 is 0.840 bits per heavy atom. The first-order chi connectivity index (χ1) is 11.9. The lowest BCUT2D eigenvalue weighted by atomic mass is 10.3. The number of hydrogen-bond donors (Lipinski definition) is 0. The number of halogens is 1. The van der Waals surface area contributed by atoms with Crippen molar-refractivity contribution in [2.24, 2.45) is 0 Å². The van der Waals surface area contributed by atoms with Gasteiger partial charge in [0.25, 0.3) is 0 Å². The molecule has 0 spiro atoms. The molecule has 4 heteroatoms. The molecule has 0 aliphatic rings. The monoisotopic (exact) mass is 434 g/mol. The Labute approximate surface area is 164 Å². The zero-order valence-electron chi connectivity index (χ0n) is 14.7. The van der Waals surface area contributed by atoms with Gasteiger partial charge in [0.15, 0.2) is 0 Å². The van der Waals surface area contributed by atoms with Crippen molar-refractivity contribution < 1.29 is 4.18 Å². The van der Waals surface area contributed by atoms with Crippen molar-refractivity contribution in [3.8, 4) is 0 Å². The smallest absolute Gasteiger partial charge is 0.0944 e. The van der Waals surface area contributed by atoms with Crippen molar-refractivity contribution in [1.29, 1.82) is 0 Å². The highest BCUT2D eigenvalue weighted by Gasteiger charge is 2.41. The topological polar surface area (TPSA) is 9.23 Å². The lowest BCUT2D eigenvalue weighted by Crippen LogP contribution is -2.27. The fourth-order valence-corrected chi connectivity index (χ4v) is 8.12. The highest BCUT2D eigenvalue weighted by Crippen LogP contribution is 2.71. The Kier molecular flexibility index (Phi) is 5.74. The first kappa shape index (κ1) is 18.7. The molecule has 0 radical (unpaired) electrons. The fraction of sp³-hybridized carbons (Fsp3) is 0.238. The molecule has 0 amide bonds. The van der Waals surface area contributed by atoms with E-state index in [2.05, 4.69) is 109 Å². The minimum absolute atomic E-state index is 0.0375. The minimum Gasteiger partial charge on any atom is -0.322 e. The second-order valence-electron chi connectivity index (χ2n) is 6.76. The van der Waals surface area contributed by atoms with E-state index in [4.69, 9.17) is 4.18 Å². The van der Waals surface area contributed by atoms with Crippen LogP contribution in [-0.2, 0) is 10.8 Å². The van der Waals surface area contributed by atoms with E-state index in [1.54, 1.807) is 11.3 Å². The van der Waals surface area contributed by atoms with Gasteiger partial charge in [-0.15, -0.1) is 11.3 Å². The van der Waals surface area contributed by atoms with Crippen LogP contribution in [0.5, 0.6) is 0 Å². The fourth-order valence-electron chi connectivity index (χ4n) is 2.96. The van der Waals surface area contributed by atoms with E-state index in [-0.39, 0.29) is 4.75 Å². The van der Waals surface area contributed by atoms with E-state index in [1.807, 2.05) is 0 Å². The van der Waals surface area contributed by atoms with Crippen LogP contribution in [0.25, 0.3) is 0 Å². The molecule has 0 bridgehead atoms. The van der Waals surface area contributed by atoms with Gasteiger partial charge in [0.2, 0.25) is 0 Å². The van der Waals surface area contributed by atoms with E-state index >= 15 is 0 Å². The SMILES string of the molecule is CC(C)(C)S(OCc1ccc(Br)s1)(c1ccccc1)c1ccccc1. The van der Waals surface area contributed by atoms with E-state index in [9.17, 15) is 0 Å². The summed E-state index contributed by atoms with van der Waals surface area (Å²) in [5.41, 5.74) is 0. The van der Waals surface area contributed by atoms with E-state index in [0.29, 0.717) is 6.61 Å². The summed E-state index contributed by atoms with van der Waals surface area (Å²) in [4.78, 5) is 3.77. The van der Waals surface area contributed by atoms with Crippen LogP contribution < -0.4 is 0 Å². The van der Waals surface area contributed by atoms with Gasteiger partial charge in [0.05, 0.1) is 10.4 Å². The van der Waals surface area contributed by atoms with Crippen molar-refractivity contribution in [1.82, 2.24) is 0 Å². The summed E-state index contributed by atoms with van der Waals surface area (Å²) >= 11 is 5.29. The predicted molar refractivity (Wildman–Crippen MR) is 114 cm³/mol. The highest BCUT2D eigenvalue weighted by atomic mass is 79.9. The summed E-state index contributed by atoms with van der Waals surface area (Å²) in [5.74, 6) is 0. The minimum atomic E-state index is -1.67. The van der Waals surface area contributed by atoms with Gasteiger partial charge in [-0.05, 0) is 73.1 Å². The number of rotatable bonds is 5. The molecule has 1 heterocycles. The van der Waals surface area contributed by atoms with Crippen LogP contribution >= 0.6 is 37.6 Å². The van der Waals surface area contributed by atoms with Crippen molar-refractivity contribution in [2.45, 2.75) is 41.9 Å². The van der Waals surface area contributed by atoms with Gasteiger partial charge in [-0.3, -0.25) is 0 Å². The predicted octanol–water partition coefficient (Wildman–Crippen LogP) is 7.66. The Morgan fingerprint density at radius 2 is 1.36 bits per heavy atom. The Morgan fingerprint density at radius 3 is 1.76 bits per heavy atom. The van der Waals surface area contributed by atoms with Gasteiger partial charge in [0, 0.05) is 19.4 Å². The molecule has 3 aromatic rings. The van der Waals surface area contributed by atoms with Gasteiger partial charge < -0.3 is 4.18 Å². The van der Waals surface area contributed by atoms with Crippen molar-refractivity contribution >= 4 is 37.6 Å². The third-order valence-corrected chi connectivity index (χ3v) is 9.68. The third-order valence-electron chi connectivity index (χ3n) is 4.02. The summed E-state index contributed by atoms with van der Waals surface area (Å²) in [6, 6.07) is 25.6. The molecule has 0 N–H and O–H groups in total. The van der Waals surface area contributed by atoms with Crippen LogP contribution in [-0.4, -0.2) is 4.75 Å². The lowest BCUT2D eigenvalue weighted by molar-refractivity contribution is 0.337. The average Bonchev–Trinajstić information content (AvgIpc) is 3.02. The molecule has 1 nitrogen and oxygen atoms in total. The molecule has 0 aliphatic carbocycles. The summed E-state index contributed by atoms with van der Waals surface area (Å²) < 4.78 is 7.94. The van der Waals surface area contributed by atoms with Crippen LogP contribution in [0.4, 0.5) is 0 Å². The molecule has 0 unspecified atom stereocenters. The molecule has 0 fully saturated rings. The molecule has 0 aliphatic heterocycles. The van der Waals surface area contributed by atoms with Crippen molar-refractivity contribution in [2.75, 3.05) is 0 Å². The first-order valence-corrected chi connectivity index (χ1v) is 11.4. The largest absolute Gasteiger partial charge is 0.322 e. The molecule has 1 aromatic heterocycles. The molecule has 2 aromatic carbocycles. The third kappa shape index (κ3) is 3.87. The Bertz CT molecular complexity index is 767. The summed E-state index contributed by atoms with van der Waals surface area (Å²) in [5, 5.41) is 0. The maximum absolute atomic E-state index is 6.84. The van der Waals surface area contributed by atoms with Gasteiger partial charge in [-0.2, -0.15) is 0 Å². The van der Waals surface area contributed by atoms with Gasteiger partial charge in [0.1, 0.15) is 0 Å². The van der Waals surface area contributed by atoms with Crippen LogP contribution in [0.1, 0.15) is 25.6 Å². The Hall–Kier alpha value is -1.07. The molecule has 132 valence electrons. The number of benzene rings is 2. The van der Waals surface area contributed by atoms with Gasteiger partial charge >= 0.3 is 0 Å². The van der Waals surface area contributed by atoms with Crippen LogP contribution in [0.2, 0.25) is 0 Å². The Balaban J connectivity index is 2.11. The normalized spacial score (nSPS) is 13.0. The molecule has 0 saturated heterocycles. The van der Waals surface area contributed by atoms with Crippen LogP contribution in [0.15, 0.2) is 86.4 Å². The summed E-state index contributed by atoms with van der Waals surface area (Å²) in [7, 11) is -1.67. The van der Waals surface area contributed by atoms with Gasteiger partial charge in [-0.25, -0.2) is 0 Å². The molecular formula is C21H23BrOS2. The summed E-state index contributed by atoms with van der Waals surface area (Å²) in [6.07, 6.45) is 0. The number of thiophene rings is 1.